The SMILES string of the molecule is Cc1ccnc(-n2c(C)cc([C@H]3[C@H](c4ccccn4)NC(=S)N3CCN(C)C)c2C)c1. The third-order valence-corrected chi connectivity index (χ3v) is 6.26. The molecule has 1 aliphatic heterocycles. The Labute approximate surface area is 189 Å². The molecule has 0 aliphatic carbocycles. The molecule has 4 heterocycles. The van der Waals surface area contributed by atoms with E-state index in [9.17, 15) is 0 Å². The molecule has 0 saturated carbocycles. The van der Waals surface area contributed by atoms with Crippen molar-refractivity contribution >= 4 is 17.3 Å². The Kier molecular flexibility index (Phi) is 6.07. The smallest absolute Gasteiger partial charge is 0.170 e. The normalized spacial score (nSPS) is 18.6. The van der Waals surface area contributed by atoms with Gasteiger partial charge in [-0.25, -0.2) is 4.98 Å². The highest BCUT2D eigenvalue weighted by Gasteiger charge is 2.41. The summed E-state index contributed by atoms with van der Waals surface area (Å²) in [7, 11) is 4.18. The number of aryl methyl sites for hydroxylation is 2. The molecule has 7 heteroatoms. The first-order valence-electron chi connectivity index (χ1n) is 10.6. The van der Waals surface area contributed by atoms with E-state index in [1.165, 1.54) is 16.8 Å². The minimum atomic E-state index is -0.00437. The lowest BCUT2D eigenvalue weighted by Crippen LogP contribution is -2.35. The van der Waals surface area contributed by atoms with E-state index in [1.807, 2.05) is 30.6 Å². The molecule has 1 aliphatic rings. The van der Waals surface area contributed by atoms with Crippen molar-refractivity contribution in [2.45, 2.75) is 32.9 Å². The topological polar surface area (TPSA) is 49.2 Å². The summed E-state index contributed by atoms with van der Waals surface area (Å²) in [5, 5.41) is 4.33. The van der Waals surface area contributed by atoms with E-state index in [0.29, 0.717) is 0 Å². The van der Waals surface area contributed by atoms with Crippen LogP contribution in [0.15, 0.2) is 48.8 Å². The summed E-state index contributed by atoms with van der Waals surface area (Å²) < 4.78 is 2.24. The van der Waals surface area contributed by atoms with Crippen molar-refractivity contribution < 1.29 is 0 Å². The van der Waals surface area contributed by atoms with Gasteiger partial charge in [-0.15, -0.1) is 0 Å². The van der Waals surface area contributed by atoms with Gasteiger partial charge in [0, 0.05) is 36.9 Å². The van der Waals surface area contributed by atoms with Crippen molar-refractivity contribution in [2.75, 3.05) is 27.2 Å². The largest absolute Gasteiger partial charge is 0.352 e. The van der Waals surface area contributed by atoms with Crippen molar-refractivity contribution in [2.24, 2.45) is 0 Å². The highest BCUT2D eigenvalue weighted by atomic mass is 32.1. The Balaban J connectivity index is 1.81. The first kappa shape index (κ1) is 21.5. The van der Waals surface area contributed by atoms with E-state index in [2.05, 4.69) is 82.7 Å². The number of thiocarbonyl (C=S) groups is 1. The maximum absolute atomic E-state index is 5.79. The van der Waals surface area contributed by atoms with Crippen LogP contribution in [0.1, 0.15) is 40.3 Å². The number of rotatable bonds is 6. The summed E-state index contributed by atoms with van der Waals surface area (Å²) in [5.41, 5.74) is 5.80. The predicted molar refractivity (Wildman–Crippen MR) is 128 cm³/mol. The molecule has 1 N–H and O–H groups in total. The van der Waals surface area contributed by atoms with Crippen LogP contribution < -0.4 is 5.32 Å². The van der Waals surface area contributed by atoms with E-state index >= 15 is 0 Å². The first-order chi connectivity index (χ1) is 14.9. The van der Waals surface area contributed by atoms with Gasteiger partial charge in [0.25, 0.3) is 0 Å². The average molecular weight is 435 g/mol. The molecule has 2 atom stereocenters. The number of hydrogen-bond acceptors (Lipinski definition) is 4. The summed E-state index contributed by atoms with van der Waals surface area (Å²) in [4.78, 5) is 13.8. The van der Waals surface area contributed by atoms with Crippen LogP contribution in [-0.4, -0.2) is 56.6 Å². The van der Waals surface area contributed by atoms with Crippen LogP contribution in [0.4, 0.5) is 0 Å². The molecule has 1 fully saturated rings. The van der Waals surface area contributed by atoms with Gasteiger partial charge in [0.15, 0.2) is 5.11 Å². The van der Waals surface area contributed by atoms with E-state index < -0.39 is 0 Å². The highest BCUT2D eigenvalue weighted by molar-refractivity contribution is 7.80. The Morgan fingerprint density at radius 1 is 1.06 bits per heavy atom. The minimum Gasteiger partial charge on any atom is -0.352 e. The summed E-state index contributed by atoms with van der Waals surface area (Å²) in [6.45, 7) is 8.18. The number of hydrogen-bond donors (Lipinski definition) is 1. The van der Waals surface area contributed by atoms with Crippen molar-refractivity contribution in [1.82, 2.24) is 29.7 Å². The molecule has 0 radical (unpaired) electrons. The molecule has 3 aromatic rings. The lowest BCUT2D eigenvalue weighted by Gasteiger charge is -2.29. The molecule has 0 unspecified atom stereocenters. The first-order valence-corrected chi connectivity index (χ1v) is 11.0. The number of pyridine rings is 2. The van der Waals surface area contributed by atoms with E-state index in [-0.39, 0.29) is 12.1 Å². The number of aromatic nitrogens is 3. The van der Waals surface area contributed by atoms with Gasteiger partial charge in [-0.1, -0.05) is 6.07 Å². The van der Waals surface area contributed by atoms with Crippen LogP contribution >= 0.6 is 12.2 Å². The van der Waals surface area contributed by atoms with Crippen LogP contribution in [0.25, 0.3) is 5.82 Å². The fourth-order valence-electron chi connectivity index (χ4n) is 4.37. The molecular weight excluding hydrogens is 404 g/mol. The predicted octanol–water partition coefficient (Wildman–Crippen LogP) is 3.73. The van der Waals surface area contributed by atoms with E-state index in [4.69, 9.17) is 12.2 Å². The summed E-state index contributed by atoms with van der Waals surface area (Å²) in [5.74, 6) is 0.948. The molecule has 0 amide bonds. The molecule has 1 saturated heterocycles. The van der Waals surface area contributed by atoms with Crippen molar-refractivity contribution in [1.29, 1.82) is 0 Å². The lowest BCUT2D eigenvalue weighted by atomic mass is 9.97. The highest BCUT2D eigenvalue weighted by Crippen LogP contribution is 2.41. The van der Waals surface area contributed by atoms with Gasteiger partial charge in [0.2, 0.25) is 0 Å². The van der Waals surface area contributed by atoms with Crippen molar-refractivity contribution in [3.05, 3.63) is 77.0 Å². The standard InChI is InChI=1S/C24H30N6S/c1-16-9-11-26-21(14-16)30-17(2)15-19(18(30)3)23-22(20-8-6-7-10-25-20)27-24(31)29(23)13-12-28(4)5/h6-11,14-15,22-23H,12-13H2,1-5H3,(H,27,31)/t22-,23-/m0/s1. The summed E-state index contributed by atoms with van der Waals surface area (Å²) >= 11 is 5.79. The molecule has 6 nitrogen and oxygen atoms in total. The fourth-order valence-corrected chi connectivity index (χ4v) is 4.71. The molecule has 3 aromatic heterocycles. The van der Waals surface area contributed by atoms with Crippen LogP contribution in [0, 0.1) is 20.8 Å². The van der Waals surface area contributed by atoms with Crippen LogP contribution in [0.2, 0.25) is 0 Å². The fraction of sp³-hybridized carbons (Fsp3) is 0.375. The average Bonchev–Trinajstić information content (AvgIpc) is 3.22. The maximum atomic E-state index is 5.79. The zero-order valence-electron chi connectivity index (χ0n) is 18.8. The second kappa shape index (κ2) is 8.77. The number of nitrogens with zero attached hydrogens (tertiary/aromatic N) is 5. The van der Waals surface area contributed by atoms with Gasteiger partial charge in [-0.2, -0.15) is 0 Å². The molecule has 162 valence electrons. The molecular formula is C24H30N6S. The third kappa shape index (κ3) is 4.20. The molecule has 31 heavy (non-hydrogen) atoms. The van der Waals surface area contributed by atoms with Crippen LogP contribution in [0.3, 0.4) is 0 Å². The van der Waals surface area contributed by atoms with Gasteiger partial charge in [0.05, 0.1) is 17.8 Å². The van der Waals surface area contributed by atoms with Gasteiger partial charge in [-0.3, -0.25) is 4.98 Å². The van der Waals surface area contributed by atoms with Gasteiger partial charge in [-0.05, 0) is 88.5 Å². The zero-order valence-corrected chi connectivity index (χ0v) is 19.6. The van der Waals surface area contributed by atoms with E-state index in [0.717, 1.165) is 35.4 Å². The molecule has 0 bridgehead atoms. The Morgan fingerprint density at radius 2 is 1.87 bits per heavy atom. The van der Waals surface area contributed by atoms with Gasteiger partial charge in [0.1, 0.15) is 5.82 Å². The lowest BCUT2D eigenvalue weighted by molar-refractivity contribution is 0.277. The Morgan fingerprint density at radius 3 is 2.55 bits per heavy atom. The number of likely N-dealkylation sites (N-methyl/N-ethyl adjacent to an activating group) is 1. The zero-order chi connectivity index (χ0) is 22.1. The Bertz CT molecular complexity index is 1070. The van der Waals surface area contributed by atoms with Crippen LogP contribution in [-0.2, 0) is 0 Å². The van der Waals surface area contributed by atoms with Gasteiger partial charge < -0.3 is 19.7 Å². The quantitative estimate of drug-likeness (QED) is 0.597. The summed E-state index contributed by atoms with van der Waals surface area (Å²) in [6.07, 6.45) is 3.72. The maximum Gasteiger partial charge on any atom is 0.170 e. The van der Waals surface area contributed by atoms with Crippen molar-refractivity contribution in [3.8, 4) is 5.82 Å². The number of nitrogens with one attached hydrogen (secondary N) is 1. The second-order valence-corrected chi connectivity index (χ2v) is 8.86. The Hall–Kier alpha value is -2.77. The molecule has 0 spiro atoms. The van der Waals surface area contributed by atoms with Crippen molar-refractivity contribution in [3.63, 3.8) is 0 Å². The second-order valence-electron chi connectivity index (χ2n) is 8.48. The van der Waals surface area contributed by atoms with Gasteiger partial charge >= 0.3 is 0 Å². The monoisotopic (exact) mass is 434 g/mol. The van der Waals surface area contributed by atoms with E-state index in [1.54, 1.807) is 0 Å². The third-order valence-electron chi connectivity index (χ3n) is 5.90. The molecule has 4 rings (SSSR count). The molecule has 0 aromatic carbocycles. The van der Waals surface area contributed by atoms with Crippen LogP contribution in [0.5, 0.6) is 0 Å². The summed E-state index contributed by atoms with van der Waals surface area (Å²) in [6, 6.07) is 12.5. The minimum absolute atomic E-state index is 0.00437.